The highest BCUT2D eigenvalue weighted by atomic mass is 35.5. The van der Waals surface area contributed by atoms with Gasteiger partial charge >= 0.3 is 5.97 Å². The minimum Gasteiger partial charge on any atom is -0.457 e. The summed E-state index contributed by atoms with van der Waals surface area (Å²) in [6.07, 6.45) is 4.26. The zero-order valence-electron chi connectivity index (χ0n) is 16.7. The van der Waals surface area contributed by atoms with Gasteiger partial charge in [0.1, 0.15) is 0 Å². The molecule has 0 bridgehead atoms. The standard InChI is InChI=1S/C24H24ClNO4/c25-21-8-6-17(7-9-21)23(28)26-12-10-18(11-13-26)24(29)30-15-22(27)20-5-4-16-2-1-3-19(16)14-20/h4-9,14,18H,1-3,10-13,15H2. The third kappa shape index (κ3) is 4.57. The van der Waals surface area contributed by atoms with Crippen LogP contribution in [0.2, 0.25) is 5.02 Å². The number of carbonyl (C=O) groups excluding carboxylic acids is 3. The summed E-state index contributed by atoms with van der Waals surface area (Å²) in [5.41, 5.74) is 3.72. The second kappa shape index (κ2) is 9.00. The smallest absolute Gasteiger partial charge is 0.309 e. The number of ether oxygens (including phenoxy) is 1. The predicted octanol–water partition coefficient (Wildman–Crippen LogP) is 4.11. The number of aryl methyl sites for hydroxylation is 2. The number of amides is 1. The molecule has 156 valence electrons. The van der Waals surface area contributed by atoms with Crippen molar-refractivity contribution < 1.29 is 19.1 Å². The number of hydrogen-bond donors (Lipinski definition) is 0. The van der Waals surface area contributed by atoms with Crippen LogP contribution in [0.5, 0.6) is 0 Å². The van der Waals surface area contributed by atoms with Gasteiger partial charge in [-0.25, -0.2) is 0 Å². The normalized spacial score (nSPS) is 16.2. The highest BCUT2D eigenvalue weighted by Crippen LogP contribution is 2.24. The fraction of sp³-hybridized carbons (Fsp3) is 0.375. The quantitative estimate of drug-likeness (QED) is 0.534. The molecule has 1 fully saturated rings. The lowest BCUT2D eigenvalue weighted by Gasteiger charge is -2.31. The summed E-state index contributed by atoms with van der Waals surface area (Å²) >= 11 is 5.87. The highest BCUT2D eigenvalue weighted by Gasteiger charge is 2.29. The van der Waals surface area contributed by atoms with E-state index >= 15 is 0 Å². The third-order valence-electron chi connectivity index (χ3n) is 5.97. The fourth-order valence-electron chi connectivity index (χ4n) is 4.18. The van der Waals surface area contributed by atoms with E-state index in [4.69, 9.17) is 16.3 Å². The van der Waals surface area contributed by atoms with Gasteiger partial charge in [0.2, 0.25) is 0 Å². The predicted molar refractivity (Wildman–Crippen MR) is 114 cm³/mol. The lowest BCUT2D eigenvalue weighted by molar-refractivity contribution is -0.148. The molecule has 1 heterocycles. The van der Waals surface area contributed by atoms with Gasteiger partial charge in [-0.2, -0.15) is 0 Å². The molecule has 0 unspecified atom stereocenters. The van der Waals surface area contributed by atoms with Crippen molar-refractivity contribution in [2.24, 2.45) is 5.92 Å². The van der Waals surface area contributed by atoms with Gasteiger partial charge < -0.3 is 9.64 Å². The summed E-state index contributed by atoms with van der Waals surface area (Å²) in [6, 6.07) is 12.5. The lowest BCUT2D eigenvalue weighted by atomic mass is 9.96. The molecule has 6 heteroatoms. The Hall–Kier alpha value is -2.66. The Kier molecular flexibility index (Phi) is 6.18. The van der Waals surface area contributed by atoms with Gasteiger partial charge in [0.15, 0.2) is 12.4 Å². The Morgan fingerprint density at radius 2 is 1.60 bits per heavy atom. The van der Waals surface area contributed by atoms with Crippen LogP contribution in [0.25, 0.3) is 0 Å². The van der Waals surface area contributed by atoms with E-state index in [2.05, 4.69) is 0 Å². The van der Waals surface area contributed by atoms with Gasteiger partial charge in [-0.1, -0.05) is 23.7 Å². The van der Waals surface area contributed by atoms with Gasteiger partial charge in [-0.05, 0) is 73.6 Å². The maximum Gasteiger partial charge on any atom is 0.309 e. The average molecular weight is 426 g/mol. The van der Waals surface area contributed by atoms with E-state index < -0.39 is 0 Å². The zero-order chi connectivity index (χ0) is 21.1. The van der Waals surface area contributed by atoms with Crippen molar-refractivity contribution >= 4 is 29.3 Å². The summed E-state index contributed by atoms with van der Waals surface area (Å²) in [5.74, 6) is -0.881. The molecular weight excluding hydrogens is 402 g/mol. The molecule has 2 aromatic carbocycles. The average Bonchev–Trinajstić information content (AvgIpc) is 3.25. The van der Waals surface area contributed by atoms with E-state index in [1.165, 1.54) is 11.1 Å². The Balaban J connectivity index is 1.25. The first-order valence-electron chi connectivity index (χ1n) is 10.4. The molecule has 2 aromatic rings. The molecule has 1 aliphatic carbocycles. The molecule has 0 atom stereocenters. The number of hydrogen-bond acceptors (Lipinski definition) is 4. The van der Waals surface area contributed by atoms with Gasteiger partial charge in [-0.3, -0.25) is 14.4 Å². The minimum absolute atomic E-state index is 0.0646. The van der Waals surface area contributed by atoms with E-state index in [1.54, 1.807) is 29.2 Å². The van der Waals surface area contributed by atoms with E-state index in [-0.39, 0.29) is 30.2 Å². The number of halogens is 1. The largest absolute Gasteiger partial charge is 0.457 e. The maximum atomic E-state index is 12.6. The number of rotatable bonds is 5. The van der Waals surface area contributed by atoms with Crippen LogP contribution >= 0.6 is 11.6 Å². The van der Waals surface area contributed by atoms with Gasteiger partial charge in [0, 0.05) is 29.2 Å². The number of likely N-dealkylation sites (tertiary alicyclic amines) is 1. The molecule has 0 radical (unpaired) electrons. The Morgan fingerprint density at radius 1 is 0.933 bits per heavy atom. The number of ketones is 1. The molecule has 30 heavy (non-hydrogen) atoms. The fourth-order valence-corrected chi connectivity index (χ4v) is 4.30. The number of fused-ring (bicyclic) bond motifs is 1. The van der Waals surface area contributed by atoms with E-state index in [0.717, 1.165) is 19.3 Å². The van der Waals surface area contributed by atoms with Crippen LogP contribution in [-0.4, -0.2) is 42.3 Å². The van der Waals surface area contributed by atoms with Crippen molar-refractivity contribution in [2.75, 3.05) is 19.7 Å². The van der Waals surface area contributed by atoms with Gasteiger partial charge in [0.25, 0.3) is 5.91 Å². The van der Waals surface area contributed by atoms with Crippen molar-refractivity contribution in [2.45, 2.75) is 32.1 Å². The van der Waals surface area contributed by atoms with E-state index in [1.807, 2.05) is 18.2 Å². The van der Waals surface area contributed by atoms with E-state index in [9.17, 15) is 14.4 Å². The van der Waals surface area contributed by atoms with Crippen molar-refractivity contribution in [3.63, 3.8) is 0 Å². The first-order chi connectivity index (χ1) is 14.5. The van der Waals surface area contributed by atoms with Crippen LogP contribution in [-0.2, 0) is 22.4 Å². The molecule has 0 N–H and O–H groups in total. The van der Waals surface area contributed by atoms with Crippen LogP contribution in [0.3, 0.4) is 0 Å². The highest BCUT2D eigenvalue weighted by molar-refractivity contribution is 6.30. The van der Waals surface area contributed by atoms with E-state index in [0.29, 0.717) is 42.1 Å². The number of esters is 1. The summed E-state index contributed by atoms with van der Waals surface area (Å²) in [5, 5.41) is 0.586. The van der Waals surface area contributed by atoms with Crippen LogP contribution in [0.4, 0.5) is 0 Å². The molecule has 1 saturated heterocycles. The number of Topliss-reactive ketones (excluding diaryl/α,β-unsaturated/α-hetero) is 1. The second-order valence-electron chi connectivity index (χ2n) is 7.94. The van der Waals surface area contributed by atoms with Crippen LogP contribution in [0.1, 0.15) is 51.1 Å². The number of benzene rings is 2. The third-order valence-corrected chi connectivity index (χ3v) is 6.22. The van der Waals surface area contributed by atoms with Gasteiger partial charge in [-0.15, -0.1) is 0 Å². The minimum atomic E-state index is -0.358. The van der Waals surface area contributed by atoms with Crippen molar-refractivity contribution in [1.29, 1.82) is 0 Å². The lowest BCUT2D eigenvalue weighted by Crippen LogP contribution is -2.40. The molecular formula is C24H24ClNO4. The van der Waals surface area contributed by atoms with Crippen LogP contribution < -0.4 is 0 Å². The molecule has 0 spiro atoms. The molecule has 5 nitrogen and oxygen atoms in total. The first kappa shape index (κ1) is 20.6. The Bertz CT molecular complexity index is 962. The summed E-state index contributed by atoms with van der Waals surface area (Å²) in [4.78, 5) is 39.1. The summed E-state index contributed by atoms with van der Waals surface area (Å²) in [6.45, 7) is 0.738. The SMILES string of the molecule is O=C(COC(=O)C1CCN(C(=O)c2ccc(Cl)cc2)CC1)c1ccc2c(c1)CCC2. The van der Waals surface area contributed by atoms with Crippen LogP contribution in [0, 0.1) is 5.92 Å². The maximum absolute atomic E-state index is 12.6. The number of nitrogens with zero attached hydrogens (tertiary/aromatic N) is 1. The van der Waals surface area contributed by atoms with Crippen molar-refractivity contribution in [3.05, 3.63) is 69.7 Å². The van der Waals surface area contributed by atoms with Crippen molar-refractivity contribution in [1.82, 2.24) is 4.90 Å². The molecule has 1 amide bonds. The molecule has 0 aromatic heterocycles. The van der Waals surface area contributed by atoms with Gasteiger partial charge in [0.05, 0.1) is 5.92 Å². The summed E-state index contributed by atoms with van der Waals surface area (Å²) in [7, 11) is 0. The van der Waals surface area contributed by atoms with Crippen molar-refractivity contribution in [3.8, 4) is 0 Å². The molecule has 1 aliphatic heterocycles. The number of carbonyl (C=O) groups is 3. The van der Waals surface area contributed by atoms with Crippen LogP contribution in [0.15, 0.2) is 42.5 Å². The molecule has 4 rings (SSSR count). The summed E-state index contributed by atoms with van der Waals surface area (Å²) < 4.78 is 5.30. The monoisotopic (exact) mass is 425 g/mol. The first-order valence-corrected chi connectivity index (χ1v) is 10.8. The Morgan fingerprint density at radius 3 is 2.33 bits per heavy atom. The molecule has 0 saturated carbocycles. The number of piperidine rings is 1. The topological polar surface area (TPSA) is 63.7 Å². The Labute approximate surface area is 181 Å². The second-order valence-corrected chi connectivity index (χ2v) is 8.38. The molecule has 2 aliphatic rings. The zero-order valence-corrected chi connectivity index (χ0v) is 17.5.